The lowest BCUT2D eigenvalue weighted by Gasteiger charge is -2.41. The summed E-state index contributed by atoms with van der Waals surface area (Å²) in [4.78, 5) is 46.3. The predicted molar refractivity (Wildman–Crippen MR) is 137 cm³/mol. The number of allylic oxidation sites excluding steroid dienone is 2. The minimum Gasteiger partial charge on any atom is -0.381 e. The van der Waals surface area contributed by atoms with Gasteiger partial charge in [0.25, 0.3) is 5.91 Å². The molecule has 2 N–H and O–H groups in total. The Labute approximate surface area is 214 Å². The monoisotopic (exact) mass is 496 g/mol. The van der Waals surface area contributed by atoms with E-state index in [2.05, 4.69) is 41.6 Å². The van der Waals surface area contributed by atoms with Crippen LogP contribution in [-0.4, -0.2) is 66.0 Å². The number of amides is 3. The molecule has 1 aromatic heterocycles. The first-order chi connectivity index (χ1) is 17.3. The summed E-state index contributed by atoms with van der Waals surface area (Å²) in [5.41, 5.74) is 0.667. The molecular weight excluding hydrogens is 456 g/mol. The number of hydrogen-bond donors (Lipinski definition) is 2. The molecule has 0 saturated carbocycles. The number of piperidine rings is 1. The Kier molecular flexibility index (Phi) is 8.44. The second kappa shape index (κ2) is 11.5. The van der Waals surface area contributed by atoms with Crippen molar-refractivity contribution in [2.24, 2.45) is 17.3 Å². The molecule has 1 spiro atoms. The molecule has 3 aliphatic heterocycles. The van der Waals surface area contributed by atoms with Crippen LogP contribution in [-0.2, 0) is 14.3 Å². The summed E-state index contributed by atoms with van der Waals surface area (Å²) in [6.45, 7) is 8.25. The topological polar surface area (TPSA) is 101 Å². The number of aromatic nitrogens is 1. The number of nitrogens with zero attached hydrogens (tertiary/aromatic N) is 2. The van der Waals surface area contributed by atoms with E-state index in [1.165, 1.54) is 0 Å². The molecule has 8 nitrogen and oxygen atoms in total. The molecular formula is C28H40N4O4. The van der Waals surface area contributed by atoms with Crippen LogP contribution < -0.4 is 10.6 Å². The minimum atomic E-state index is -0.649. The van der Waals surface area contributed by atoms with Crippen LogP contribution in [0.5, 0.6) is 0 Å². The van der Waals surface area contributed by atoms with Gasteiger partial charge >= 0.3 is 0 Å². The van der Waals surface area contributed by atoms with Gasteiger partial charge < -0.3 is 20.3 Å². The van der Waals surface area contributed by atoms with Gasteiger partial charge in [-0.25, -0.2) is 0 Å². The SMILES string of the molecule is Cc1cccnc1C(=O)N1CCC2(C/C=C/C[C@H]3COCC[C@H]3NC(=O)[C@@H](CC(C)C)NC2=O)CC1. The number of likely N-dealkylation sites (tertiary alicyclic amines) is 1. The third-order valence-electron chi connectivity index (χ3n) is 7.95. The summed E-state index contributed by atoms with van der Waals surface area (Å²) in [6, 6.07) is 3.19. The molecule has 4 rings (SSSR count). The highest BCUT2D eigenvalue weighted by Gasteiger charge is 2.43. The maximum atomic E-state index is 13.8. The first-order valence-corrected chi connectivity index (χ1v) is 13.3. The first-order valence-electron chi connectivity index (χ1n) is 13.3. The van der Waals surface area contributed by atoms with Crippen LogP contribution >= 0.6 is 0 Å². The molecule has 0 aliphatic carbocycles. The number of aryl methyl sites for hydroxylation is 1. The number of rotatable bonds is 3. The minimum absolute atomic E-state index is 0.0557. The Bertz CT molecular complexity index is 984. The zero-order chi connectivity index (χ0) is 25.7. The van der Waals surface area contributed by atoms with Crippen LogP contribution in [0.25, 0.3) is 0 Å². The van der Waals surface area contributed by atoms with Crippen LogP contribution in [0.3, 0.4) is 0 Å². The Morgan fingerprint density at radius 3 is 2.72 bits per heavy atom. The van der Waals surface area contributed by atoms with Crippen molar-refractivity contribution in [3.8, 4) is 0 Å². The van der Waals surface area contributed by atoms with Crippen LogP contribution in [0, 0.1) is 24.2 Å². The summed E-state index contributed by atoms with van der Waals surface area (Å²) in [5, 5.41) is 6.35. The van der Waals surface area contributed by atoms with Gasteiger partial charge in [-0.2, -0.15) is 0 Å². The van der Waals surface area contributed by atoms with E-state index in [4.69, 9.17) is 4.74 Å². The smallest absolute Gasteiger partial charge is 0.272 e. The van der Waals surface area contributed by atoms with E-state index in [0.29, 0.717) is 57.7 Å². The standard InChI is InChI=1S/C28H40N4O4/c1-19(2)17-23-25(33)30-22-9-16-36-18-21(22)8-4-5-10-28(27(35)31-23)11-14-32(15-12-28)26(34)24-20(3)7-6-13-29-24/h4-7,13,19,21-23H,8-12,14-18H2,1-3H3,(H,30,33)(H,31,35)/b5-4+/t21-,22+,23+/m0/s1. The molecule has 0 radical (unpaired) electrons. The summed E-state index contributed by atoms with van der Waals surface area (Å²) >= 11 is 0. The molecule has 2 saturated heterocycles. The second-order valence-corrected chi connectivity index (χ2v) is 11.0. The maximum absolute atomic E-state index is 13.8. The average molecular weight is 497 g/mol. The number of ether oxygens (including phenoxy) is 1. The van der Waals surface area contributed by atoms with Crippen molar-refractivity contribution in [1.29, 1.82) is 0 Å². The molecule has 8 heteroatoms. The molecule has 4 heterocycles. The molecule has 0 aromatic carbocycles. The summed E-state index contributed by atoms with van der Waals surface area (Å²) < 4.78 is 5.70. The van der Waals surface area contributed by atoms with Gasteiger partial charge in [0.2, 0.25) is 11.8 Å². The maximum Gasteiger partial charge on any atom is 0.272 e. The van der Waals surface area contributed by atoms with E-state index in [1.807, 2.05) is 19.1 Å². The zero-order valence-corrected chi connectivity index (χ0v) is 21.8. The normalized spacial score (nSPS) is 27.9. The zero-order valence-electron chi connectivity index (χ0n) is 21.8. The molecule has 0 bridgehead atoms. The van der Waals surface area contributed by atoms with Crippen molar-refractivity contribution < 1.29 is 19.1 Å². The lowest BCUT2D eigenvalue weighted by molar-refractivity contribution is -0.138. The lowest BCUT2D eigenvalue weighted by atomic mass is 9.74. The van der Waals surface area contributed by atoms with E-state index in [0.717, 1.165) is 18.4 Å². The van der Waals surface area contributed by atoms with Crippen LogP contribution in [0.2, 0.25) is 0 Å². The fourth-order valence-corrected chi connectivity index (χ4v) is 5.62. The lowest BCUT2D eigenvalue weighted by Crippen LogP contribution is -2.57. The van der Waals surface area contributed by atoms with Gasteiger partial charge in [-0.05, 0) is 63.0 Å². The number of nitrogens with one attached hydrogen (secondary N) is 2. The van der Waals surface area contributed by atoms with Gasteiger partial charge in [0, 0.05) is 37.9 Å². The van der Waals surface area contributed by atoms with E-state index < -0.39 is 11.5 Å². The molecule has 3 amide bonds. The Morgan fingerprint density at radius 2 is 2.00 bits per heavy atom. The fraction of sp³-hybridized carbons (Fsp3) is 0.643. The molecule has 2 fully saturated rings. The summed E-state index contributed by atoms with van der Waals surface area (Å²) in [6.07, 6.45) is 9.76. The van der Waals surface area contributed by atoms with Crippen molar-refractivity contribution in [2.75, 3.05) is 26.3 Å². The van der Waals surface area contributed by atoms with Crippen LogP contribution in [0.1, 0.15) is 68.4 Å². The first kappa shape index (κ1) is 26.3. The number of carbonyl (C=O) groups excluding carboxylic acids is 3. The number of pyridine rings is 1. The van der Waals surface area contributed by atoms with E-state index in [-0.39, 0.29) is 35.6 Å². The molecule has 3 atom stereocenters. The van der Waals surface area contributed by atoms with Gasteiger partial charge in [-0.15, -0.1) is 0 Å². The van der Waals surface area contributed by atoms with Crippen LogP contribution in [0.4, 0.5) is 0 Å². The fourth-order valence-electron chi connectivity index (χ4n) is 5.62. The largest absolute Gasteiger partial charge is 0.381 e. The van der Waals surface area contributed by atoms with E-state index in [1.54, 1.807) is 11.1 Å². The Balaban J connectivity index is 1.54. The molecule has 36 heavy (non-hydrogen) atoms. The average Bonchev–Trinajstić information content (AvgIpc) is 2.86. The van der Waals surface area contributed by atoms with Crippen molar-refractivity contribution >= 4 is 17.7 Å². The summed E-state index contributed by atoms with van der Waals surface area (Å²) in [5.74, 6) is 0.208. The van der Waals surface area contributed by atoms with Crippen molar-refractivity contribution in [2.45, 2.75) is 71.4 Å². The van der Waals surface area contributed by atoms with Gasteiger partial charge in [-0.1, -0.05) is 32.1 Å². The van der Waals surface area contributed by atoms with Crippen molar-refractivity contribution in [3.63, 3.8) is 0 Å². The Hall–Kier alpha value is -2.74. The number of hydrogen-bond acceptors (Lipinski definition) is 5. The third kappa shape index (κ3) is 5.97. The van der Waals surface area contributed by atoms with E-state index in [9.17, 15) is 14.4 Å². The summed E-state index contributed by atoms with van der Waals surface area (Å²) in [7, 11) is 0. The van der Waals surface area contributed by atoms with E-state index >= 15 is 0 Å². The second-order valence-electron chi connectivity index (χ2n) is 11.0. The Morgan fingerprint density at radius 1 is 1.22 bits per heavy atom. The van der Waals surface area contributed by atoms with Gasteiger partial charge in [-0.3, -0.25) is 19.4 Å². The quantitative estimate of drug-likeness (QED) is 0.627. The third-order valence-corrected chi connectivity index (χ3v) is 7.95. The van der Waals surface area contributed by atoms with Gasteiger partial charge in [0.15, 0.2) is 0 Å². The number of carbonyl (C=O) groups is 3. The van der Waals surface area contributed by atoms with Crippen LogP contribution in [0.15, 0.2) is 30.5 Å². The molecule has 3 aliphatic rings. The molecule has 1 aromatic rings. The molecule has 0 unspecified atom stereocenters. The predicted octanol–water partition coefficient (Wildman–Crippen LogP) is 3.01. The highest BCUT2D eigenvalue weighted by atomic mass is 16.5. The van der Waals surface area contributed by atoms with Crippen molar-refractivity contribution in [3.05, 3.63) is 41.7 Å². The number of fused-ring (bicyclic) bond motifs is 1. The van der Waals surface area contributed by atoms with Gasteiger partial charge in [0.1, 0.15) is 11.7 Å². The highest BCUT2D eigenvalue weighted by molar-refractivity contribution is 5.94. The van der Waals surface area contributed by atoms with Gasteiger partial charge in [0.05, 0.1) is 12.0 Å². The molecule has 196 valence electrons. The highest BCUT2D eigenvalue weighted by Crippen LogP contribution is 2.37. The van der Waals surface area contributed by atoms with Crippen molar-refractivity contribution in [1.82, 2.24) is 20.5 Å².